The first-order valence-corrected chi connectivity index (χ1v) is 6.34. The van der Waals surface area contributed by atoms with Crippen LogP contribution in [0.2, 0.25) is 0 Å². The van der Waals surface area contributed by atoms with Crippen LogP contribution in [0.25, 0.3) is 0 Å². The minimum atomic E-state index is -0.636. The second-order valence-electron chi connectivity index (χ2n) is 5.18. The number of nitrogens with one attached hydrogen (secondary N) is 1. The van der Waals surface area contributed by atoms with Crippen molar-refractivity contribution in [3.05, 3.63) is 28.0 Å². The molecule has 0 aromatic carbocycles. The second-order valence-corrected chi connectivity index (χ2v) is 5.18. The van der Waals surface area contributed by atoms with Gasteiger partial charge in [0.1, 0.15) is 4.92 Å². The van der Waals surface area contributed by atoms with E-state index in [0.29, 0.717) is 18.4 Å². The maximum absolute atomic E-state index is 12.3. The van der Waals surface area contributed by atoms with Gasteiger partial charge in [0.05, 0.1) is 6.07 Å². The third kappa shape index (κ3) is 1.90. The summed E-state index contributed by atoms with van der Waals surface area (Å²) in [4.78, 5) is 24.0. The molecule has 3 rings (SSSR count). The molecular formula is C12H15N3O4. The third-order valence-electron chi connectivity index (χ3n) is 4.18. The molecule has 2 aliphatic rings. The lowest BCUT2D eigenvalue weighted by atomic mass is 9.95. The van der Waals surface area contributed by atoms with Gasteiger partial charge in [0.25, 0.3) is 5.91 Å². The highest BCUT2D eigenvalue weighted by molar-refractivity contribution is 5.92. The highest BCUT2D eigenvalue weighted by atomic mass is 16.6. The number of nitrogens with zero attached hydrogens (tertiary/aromatic N) is 2. The molecular weight excluding hydrogens is 250 g/mol. The summed E-state index contributed by atoms with van der Waals surface area (Å²) in [5.41, 5.74) is 0. The van der Waals surface area contributed by atoms with Crippen molar-refractivity contribution in [3.63, 3.8) is 0 Å². The van der Waals surface area contributed by atoms with Crippen LogP contribution in [0.15, 0.2) is 16.5 Å². The lowest BCUT2D eigenvalue weighted by Crippen LogP contribution is -2.37. The Morgan fingerprint density at radius 2 is 2.32 bits per heavy atom. The molecule has 19 heavy (non-hydrogen) atoms. The normalized spacial score (nSPS) is 29.5. The predicted molar refractivity (Wildman–Crippen MR) is 65.7 cm³/mol. The summed E-state index contributed by atoms with van der Waals surface area (Å²) in [7, 11) is 0. The van der Waals surface area contributed by atoms with Crippen LogP contribution in [0.5, 0.6) is 0 Å². The molecule has 0 saturated carbocycles. The molecule has 0 radical (unpaired) electrons. The van der Waals surface area contributed by atoms with E-state index in [4.69, 9.17) is 4.42 Å². The van der Waals surface area contributed by atoms with Crippen LogP contribution >= 0.6 is 0 Å². The second kappa shape index (κ2) is 4.34. The molecule has 102 valence electrons. The van der Waals surface area contributed by atoms with Gasteiger partial charge in [-0.1, -0.05) is 0 Å². The van der Waals surface area contributed by atoms with Crippen LogP contribution in [0.3, 0.4) is 0 Å². The molecule has 7 heteroatoms. The monoisotopic (exact) mass is 265 g/mol. The van der Waals surface area contributed by atoms with Gasteiger partial charge in [-0.3, -0.25) is 14.9 Å². The number of fused-ring (bicyclic) bond motifs is 1. The highest BCUT2D eigenvalue weighted by Crippen LogP contribution is 2.33. The number of hydrogen-bond acceptors (Lipinski definition) is 5. The van der Waals surface area contributed by atoms with Gasteiger partial charge < -0.3 is 14.6 Å². The number of furan rings is 1. The zero-order valence-corrected chi connectivity index (χ0v) is 10.5. The lowest BCUT2D eigenvalue weighted by molar-refractivity contribution is -0.402. The van der Waals surface area contributed by atoms with E-state index in [0.717, 1.165) is 13.1 Å². The van der Waals surface area contributed by atoms with E-state index < -0.39 is 10.8 Å². The van der Waals surface area contributed by atoms with E-state index in [1.807, 2.05) is 6.92 Å². The number of rotatable bonds is 2. The molecule has 7 nitrogen and oxygen atoms in total. The number of nitro groups is 1. The Labute approximate surface area is 109 Å². The van der Waals surface area contributed by atoms with Gasteiger partial charge in [0, 0.05) is 25.7 Å². The van der Waals surface area contributed by atoms with Crippen molar-refractivity contribution in [2.75, 3.05) is 19.6 Å². The Morgan fingerprint density at radius 1 is 1.53 bits per heavy atom. The summed E-state index contributed by atoms with van der Waals surface area (Å²) in [5.74, 6) is 0.344. The fourth-order valence-electron chi connectivity index (χ4n) is 3.12. The highest BCUT2D eigenvalue weighted by Gasteiger charge is 2.44. The minimum absolute atomic E-state index is 0.0477. The van der Waals surface area contributed by atoms with E-state index in [9.17, 15) is 14.9 Å². The quantitative estimate of drug-likeness (QED) is 0.633. The van der Waals surface area contributed by atoms with Crippen molar-refractivity contribution >= 4 is 11.8 Å². The van der Waals surface area contributed by atoms with E-state index in [1.54, 1.807) is 4.90 Å². The predicted octanol–water partition coefficient (Wildman–Crippen LogP) is 0.868. The average molecular weight is 265 g/mol. The summed E-state index contributed by atoms with van der Waals surface area (Å²) in [5, 5.41) is 13.9. The van der Waals surface area contributed by atoms with Crippen LogP contribution in [0.1, 0.15) is 17.5 Å². The van der Waals surface area contributed by atoms with Gasteiger partial charge in [-0.15, -0.1) is 0 Å². The summed E-state index contributed by atoms with van der Waals surface area (Å²) in [6.07, 6.45) is 0. The van der Waals surface area contributed by atoms with Crippen molar-refractivity contribution in [1.82, 2.24) is 10.2 Å². The molecule has 3 heterocycles. The first-order chi connectivity index (χ1) is 9.08. The molecule has 3 atom stereocenters. The maximum atomic E-state index is 12.3. The fourth-order valence-corrected chi connectivity index (χ4v) is 3.12. The van der Waals surface area contributed by atoms with Gasteiger partial charge >= 0.3 is 5.88 Å². The first-order valence-electron chi connectivity index (χ1n) is 6.34. The Morgan fingerprint density at radius 3 is 2.95 bits per heavy atom. The topological polar surface area (TPSA) is 88.6 Å². The Hall–Kier alpha value is -1.89. The summed E-state index contributed by atoms with van der Waals surface area (Å²) < 4.78 is 4.98. The van der Waals surface area contributed by atoms with Crippen LogP contribution in [-0.2, 0) is 0 Å². The number of likely N-dealkylation sites (tertiary alicyclic amines) is 1. The van der Waals surface area contributed by atoms with E-state index in [-0.39, 0.29) is 17.7 Å². The SMILES string of the molecule is CC1C2CNCC2CN1C(=O)c1ccc([N+](=O)[O-])o1. The van der Waals surface area contributed by atoms with Crippen molar-refractivity contribution < 1.29 is 14.1 Å². The molecule has 0 aliphatic carbocycles. The molecule has 3 unspecified atom stereocenters. The fraction of sp³-hybridized carbons (Fsp3) is 0.583. The van der Waals surface area contributed by atoms with Crippen LogP contribution in [0.4, 0.5) is 5.88 Å². The standard InChI is InChI=1S/C12H15N3O4/c1-7-9-5-13-4-8(9)6-14(7)12(16)10-2-3-11(19-10)15(17)18/h2-3,7-9,13H,4-6H2,1H3. The zero-order chi connectivity index (χ0) is 13.6. The van der Waals surface area contributed by atoms with Crippen molar-refractivity contribution in [2.45, 2.75) is 13.0 Å². The van der Waals surface area contributed by atoms with Crippen molar-refractivity contribution in [2.24, 2.45) is 11.8 Å². The smallest absolute Gasteiger partial charge is 0.395 e. The van der Waals surface area contributed by atoms with Crippen LogP contribution in [0, 0.1) is 22.0 Å². The molecule has 0 bridgehead atoms. The Kier molecular flexibility index (Phi) is 2.78. The van der Waals surface area contributed by atoms with Gasteiger partial charge in [0.2, 0.25) is 0 Å². The third-order valence-corrected chi connectivity index (χ3v) is 4.18. The molecule has 2 saturated heterocycles. The first kappa shape index (κ1) is 12.2. The largest absolute Gasteiger partial charge is 0.433 e. The van der Waals surface area contributed by atoms with Crippen LogP contribution < -0.4 is 5.32 Å². The molecule has 1 N–H and O–H groups in total. The summed E-state index contributed by atoms with van der Waals surface area (Å²) in [6, 6.07) is 2.73. The minimum Gasteiger partial charge on any atom is -0.395 e. The van der Waals surface area contributed by atoms with Gasteiger partial charge in [-0.25, -0.2) is 0 Å². The molecule has 2 aliphatic heterocycles. The van der Waals surface area contributed by atoms with E-state index in [1.165, 1.54) is 12.1 Å². The average Bonchev–Trinajstić information content (AvgIpc) is 3.05. The van der Waals surface area contributed by atoms with E-state index >= 15 is 0 Å². The number of carbonyl (C=O) groups excluding carboxylic acids is 1. The molecule has 0 spiro atoms. The Balaban J connectivity index is 1.78. The van der Waals surface area contributed by atoms with Crippen LogP contribution in [-0.4, -0.2) is 41.4 Å². The van der Waals surface area contributed by atoms with Crippen molar-refractivity contribution in [1.29, 1.82) is 0 Å². The van der Waals surface area contributed by atoms with E-state index in [2.05, 4.69) is 5.32 Å². The maximum Gasteiger partial charge on any atom is 0.433 e. The molecule has 1 amide bonds. The van der Waals surface area contributed by atoms with Crippen molar-refractivity contribution in [3.8, 4) is 0 Å². The number of carbonyl (C=O) groups is 1. The summed E-state index contributed by atoms with van der Waals surface area (Å²) in [6.45, 7) is 4.56. The summed E-state index contributed by atoms with van der Waals surface area (Å²) >= 11 is 0. The van der Waals surface area contributed by atoms with Gasteiger partial charge in [0.15, 0.2) is 5.76 Å². The number of amides is 1. The Bertz CT molecular complexity index is 527. The van der Waals surface area contributed by atoms with Gasteiger partial charge in [-0.05, 0) is 24.8 Å². The zero-order valence-electron chi connectivity index (χ0n) is 10.5. The number of hydrogen-bond donors (Lipinski definition) is 1. The molecule has 1 aromatic rings. The van der Waals surface area contributed by atoms with Gasteiger partial charge in [-0.2, -0.15) is 0 Å². The molecule has 2 fully saturated rings. The lowest BCUT2D eigenvalue weighted by Gasteiger charge is -2.23. The molecule has 1 aromatic heterocycles.